The monoisotopic (exact) mass is 522 g/mol. The molecule has 2 N–H and O–H groups in total. The third kappa shape index (κ3) is 5.81. The Morgan fingerprint density at radius 1 is 1.03 bits per heavy atom. The van der Waals surface area contributed by atoms with E-state index in [-0.39, 0.29) is 24.0 Å². The van der Waals surface area contributed by atoms with Gasteiger partial charge in [0, 0.05) is 22.3 Å². The predicted octanol–water partition coefficient (Wildman–Crippen LogP) is 4.02. The summed E-state index contributed by atoms with van der Waals surface area (Å²) in [5, 5.41) is 4.64. The van der Waals surface area contributed by atoms with Crippen molar-refractivity contribution in [3.8, 4) is 5.75 Å². The molecule has 1 aliphatic heterocycles. The maximum Gasteiger partial charge on any atom is 0.269 e. The van der Waals surface area contributed by atoms with Gasteiger partial charge in [-0.1, -0.05) is 48.0 Å². The van der Waals surface area contributed by atoms with E-state index in [1.165, 1.54) is 17.0 Å². The number of nitrogens with one attached hydrogen (secondary N) is 2. The van der Waals surface area contributed by atoms with Crippen molar-refractivity contribution < 1.29 is 19.1 Å². The summed E-state index contributed by atoms with van der Waals surface area (Å²) < 4.78 is 5.19. The molecule has 1 aliphatic rings. The number of carbonyl (C=O) groups is 3. The van der Waals surface area contributed by atoms with Crippen molar-refractivity contribution in [1.29, 1.82) is 0 Å². The Bertz CT molecular complexity index is 1290. The minimum Gasteiger partial charge on any atom is -0.497 e. The molecule has 36 heavy (non-hydrogen) atoms. The lowest BCUT2D eigenvalue weighted by atomic mass is 10.1. The number of methoxy groups -OCH3 is 1. The average Bonchev–Trinajstić information content (AvgIpc) is 3.09. The van der Waals surface area contributed by atoms with Gasteiger partial charge in [-0.15, -0.1) is 0 Å². The molecule has 0 saturated carbocycles. The van der Waals surface area contributed by atoms with Crippen LogP contribution < -0.4 is 15.5 Å². The van der Waals surface area contributed by atoms with E-state index in [0.717, 1.165) is 5.56 Å². The van der Waals surface area contributed by atoms with Crippen LogP contribution in [0, 0.1) is 0 Å². The Morgan fingerprint density at radius 3 is 2.44 bits per heavy atom. The molecule has 0 radical (unpaired) electrons. The number of carbonyl (C=O) groups excluding carboxylic acids is 3. The summed E-state index contributed by atoms with van der Waals surface area (Å²) in [5.74, 6) is -0.712. The number of nitrogens with zero attached hydrogens (tertiary/aromatic N) is 2. The summed E-state index contributed by atoms with van der Waals surface area (Å²) in [7, 11) is 1.53. The van der Waals surface area contributed by atoms with Crippen LogP contribution in [0.25, 0.3) is 0 Å². The molecule has 1 heterocycles. The van der Waals surface area contributed by atoms with Crippen molar-refractivity contribution >= 4 is 52.3 Å². The minimum absolute atomic E-state index is 0.102. The van der Waals surface area contributed by atoms with Gasteiger partial charge in [0.2, 0.25) is 5.91 Å². The third-order valence-electron chi connectivity index (χ3n) is 5.54. The number of benzene rings is 3. The molecule has 1 atom stereocenters. The first kappa shape index (κ1) is 25.2. The van der Waals surface area contributed by atoms with Crippen molar-refractivity contribution in [2.24, 2.45) is 0 Å². The summed E-state index contributed by atoms with van der Waals surface area (Å²) in [6, 6.07) is 21.5. The molecule has 1 unspecified atom stereocenters. The lowest BCUT2D eigenvalue weighted by molar-refractivity contribution is -0.131. The molecule has 3 aromatic rings. The molecular formula is C26H23ClN4O4S. The van der Waals surface area contributed by atoms with Crippen molar-refractivity contribution in [2.75, 3.05) is 12.4 Å². The summed E-state index contributed by atoms with van der Waals surface area (Å²) in [4.78, 5) is 40.6. The molecule has 0 bridgehead atoms. The van der Waals surface area contributed by atoms with Crippen LogP contribution >= 0.6 is 23.8 Å². The molecule has 4 rings (SSSR count). The van der Waals surface area contributed by atoms with E-state index in [1.54, 1.807) is 48.5 Å². The van der Waals surface area contributed by atoms with Gasteiger partial charge in [-0.2, -0.15) is 0 Å². The van der Waals surface area contributed by atoms with Crippen LogP contribution in [-0.4, -0.2) is 45.9 Å². The van der Waals surface area contributed by atoms with Crippen molar-refractivity contribution in [1.82, 2.24) is 15.3 Å². The summed E-state index contributed by atoms with van der Waals surface area (Å²) in [5.41, 5.74) is 4.40. The van der Waals surface area contributed by atoms with Crippen LogP contribution in [0.2, 0.25) is 5.02 Å². The number of hydrogen-bond acceptors (Lipinski definition) is 5. The number of anilines is 1. The molecule has 0 aromatic heterocycles. The Labute approximate surface area is 218 Å². The lowest BCUT2D eigenvalue weighted by Crippen LogP contribution is -2.49. The van der Waals surface area contributed by atoms with E-state index in [4.69, 9.17) is 28.6 Å². The molecule has 3 amide bonds. The van der Waals surface area contributed by atoms with E-state index in [0.29, 0.717) is 22.0 Å². The zero-order valence-corrected chi connectivity index (χ0v) is 20.9. The number of amides is 3. The van der Waals surface area contributed by atoms with Gasteiger partial charge in [-0.25, -0.2) is 5.01 Å². The van der Waals surface area contributed by atoms with Crippen LogP contribution in [0.5, 0.6) is 5.75 Å². The maximum absolute atomic E-state index is 13.4. The molecule has 1 fully saturated rings. The summed E-state index contributed by atoms with van der Waals surface area (Å²) in [6.45, 7) is 0.208. The number of hydrogen-bond donors (Lipinski definition) is 2. The minimum atomic E-state index is -1.02. The molecule has 3 aromatic carbocycles. The lowest BCUT2D eigenvalue weighted by Gasteiger charge is -2.24. The zero-order chi connectivity index (χ0) is 25.7. The van der Waals surface area contributed by atoms with Gasteiger partial charge < -0.3 is 10.1 Å². The van der Waals surface area contributed by atoms with Gasteiger partial charge in [0.1, 0.15) is 11.8 Å². The third-order valence-corrected chi connectivity index (χ3v) is 6.21. The standard InChI is InChI=1S/C26H23ClN4O4S/c1-35-21-9-5-8-20(14-21)28-23(32)15-22-25(34)30(16-17-6-3-2-4-7-17)26(36)31(22)29-24(33)18-10-12-19(27)13-11-18/h2-14,22H,15-16H2,1H3,(H,28,32)(H,29,33). The summed E-state index contributed by atoms with van der Waals surface area (Å²) >= 11 is 11.5. The molecule has 184 valence electrons. The summed E-state index contributed by atoms with van der Waals surface area (Å²) in [6.07, 6.45) is -0.234. The van der Waals surface area contributed by atoms with E-state index in [9.17, 15) is 14.4 Å². The highest BCUT2D eigenvalue weighted by atomic mass is 35.5. The second-order valence-corrected chi connectivity index (χ2v) is 8.81. The highest BCUT2D eigenvalue weighted by Gasteiger charge is 2.44. The molecule has 8 nitrogen and oxygen atoms in total. The highest BCUT2D eigenvalue weighted by Crippen LogP contribution is 2.23. The quantitative estimate of drug-likeness (QED) is 0.434. The Hall–Kier alpha value is -3.95. The van der Waals surface area contributed by atoms with Gasteiger partial charge in [-0.3, -0.25) is 24.7 Å². The Kier molecular flexibility index (Phi) is 7.82. The van der Waals surface area contributed by atoms with E-state index < -0.39 is 17.9 Å². The molecular weight excluding hydrogens is 500 g/mol. The number of halogens is 1. The van der Waals surface area contributed by atoms with Crippen molar-refractivity contribution in [3.63, 3.8) is 0 Å². The van der Waals surface area contributed by atoms with Crippen LogP contribution in [0.15, 0.2) is 78.9 Å². The van der Waals surface area contributed by atoms with Crippen molar-refractivity contribution in [3.05, 3.63) is 95.0 Å². The van der Waals surface area contributed by atoms with Crippen LogP contribution in [0.1, 0.15) is 22.3 Å². The van der Waals surface area contributed by atoms with E-state index in [1.807, 2.05) is 30.3 Å². The van der Waals surface area contributed by atoms with Gasteiger partial charge in [-0.05, 0) is 54.2 Å². The number of rotatable bonds is 8. The Balaban J connectivity index is 1.55. The fourth-order valence-electron chi connectivity index (χ4n) is 3.73. The van der Waals surface area contributed by atoms with E-state index in [2.05, 4.69) is 10.7 Å². The highest BCUT2D eigenvalue weighted by molar-refractivity contribution is 7.80. The van der Waals surface area contributed by atoms with Gasteiger partial charge in [0.15, 0.2) is 5.11 Å². The molecule has 0 aliphatic carbocycles. The van der Waals surface area contributed by atoms with Crippen LogP contribution in [-0.2, 0) is 16.1 Å². The zero-order valence-electron chi connectivity index (χ0n) is 19.3. The SMILES string of the molecule is COc1cccc(NC(=O)CC2C(=O)N(Cc3ccccc3)C(=S)N2NC(=O)c2ccc(Cl)cc2)c1. The second kappa shape index (κ2) is 11.2. The first-order valence-corrected chi connectivity index (χ1v) is 11.8. The Morgan fingerprint density at radius 2 is 1.75 bits per heavy atom. The number of thiocarbonyl (C=S) groups is 1. The fraction of sp³-hybridized carbons (Fsp3) is 0.154. The smallest absolute Gasteiger partial charge is 0.269 e. The fourth-order valence-corrected chi connectivity index (χ4v) is 4.18. The molecule has 1 saturated heterocycles. The average molecular weight is 523 g/mol. The van der Waals surface area contributed by atoms with E-state index >= 15 is 0 Å². The van der Waals surface area contributed by atoms with Gasteiger partial charge in [0.05, 0.1) is 20.1 Å². The predicted molar refractivity (Wildman–Crippen MR) is 140 cm³/mol. The second-order valence-electron chi connectivity index (χ2n) is 8.01. The van der Waals surface area contributed by atoms with Crippen LogP contribution in [0.3, 0.4) is 0 Å². The topological polar surface area (TPSA) is 91.0 Å². The van der Waals surface area contributed by atoms with Gasteiger partial charge in [0.25, 0.3) is 11.8 Å². The number of hydrazine groups is 1. The number of ether oxygens (including phenoxy) is 1. The maximum atomic E-state index is 13.4. The first-order chi connectivity index (χ1) is 17.4. The molecule has 0 spiro atoms. The molecule has 10 heteroatoms. The largest absolute Gasteiger partial charge is 0.497 e. The van der Waals surface area contributed by atoms with Gasteiger partial charge >= 0.3 is 0 Å². The normalized spacial score (nSPS) is 15.1. The first-order valence-electron chi connectivity index (χ1n) is 11.0. The van der Waals surface area contributed by atoms with Crippen molar-refractivity contribution in [2.45, 2.75) is 19.0 Å². The van der Waals surface area contributed by atoms with Crippen LogP contribution in [0.4, 0.5) is 5.69 Å².